The first kappa shape index (κ1) is 22.6. The first-order valence-corrected chi connectivity index (χ1v) is 13.2. The number of esters is 2. The predicted molar refractivity (Wildman–Crippen MR) is 119 cm³/mol. The molecule has 3 unspecified atom stereocenters. The van der Waals surface area contributed by atoms with Crippen LogP contribution in [0, 0.1) is 0 Å². The van der Waals surface area contributed by atoms with Gasteiger partial charge in [-0.2, -0.15) is 23.5 Å². The van der Waals surface area contributed by atoms with E-state index in [1.165, 1.54) is 0 Å². The number of fused-ring (bicyclic) bond motifs is 2. The Bertz CT molecular complexity index is 666. The smallest absolute Gasteiger partial charge is 0.315 e. The number of rotatable bonds is 10. The fourth-order valence-corrected chi connectivity index (χ4v) is 7.83. The molecular formula is C20H30N4O5S2. The molecule has 4 amide bonds. The molecule has 4 fully saturated rings. The zero-order chi connectivity index (χ0) is 21.8. The number of carbonyl (C=O) groups excluding carboxylic acids is 4. The van der Waals surface area contributed by atoms with Crippen molar-refractivity contribution in [3.05, 3.63) is 0 Å². The van der Waals surface area contributed by atoms with Gasteiger partial charge in [-0.15, -0.1) is 0 Å². The van der Waals surface area contributed by atoms with Crippen LogP contribution in [0.5, 0.6) is 0 Å². The average molecular weight is 471 g/mol. The van der Waals surface area contributed by atoms with E-state index in [-0.39, 0.29) is 49.1 Å². The standard InChI is InChI=1S/C20H30N4O5S2/c25-15(7-3-1-5-13-17-11(9-30-13)21-19(27)23-17)29-16(26)8-4-2-6-14-18-12(10-31-14)22-20(28)24-18/h11-14,17-18H,1-10H2,(H2,21,23,27)(H2,22,24,28)/t11-,12?,13-,14?,17-,18?/m0/s1. The van der Waals surface area contributed by atoms with Crippen molar-refractivity contribution in [2.45, 2.75) is 86.0 Å². The van der Waals surface area contributed by atoms with Crippen molar-refractivity contribution in [3.63, 3.8) is 0 Å². The summed E-state index contributed by atoms with van der Waals surface area (Å²) in [6.07, 6.45) is 5.47. The summed E-state index contributed by atoms with van der Waals surface area (Å²) in [4.78, 5) is 46.6. The van der Waals surface area contributed by atoms with E-state index in [1.807, 2.05) is 23.5 Å². The Balaban J connectivity index is 1.02. The summed E-state index contributed by atoms with van der Waals surface area (Å²) in [5, 5.41) is 12.5. The van der Waals surface area contributed by atoms with Gasteiger partial charge < -0.3 is 26.0 Å². The van der Waals surface area contributed by atoms with E-state index in [1.54, 1.807) is 0 Å². The minimum atomic E-state index is -0.452. The molecule has 4 aliphatic rings. The number of urea groups is 2. The maximum absolute atomic E-state index is 11.9. The number of amides is 4. The van der Waals surface area contributed by atoms with Crippen molar-refractivity contribution in [3.8, 4) is 0 Å². The second-order valence-electron chi connectivity index (χ2n) is 8.58. The lowest BCUT2D eigenvalue weighted by atomic mass is 10.0. The minimum absolute atomic E-state index is 0.0871. The number of thioether (sulfide) groups is 2. The van der Waals surface area contributed by atoms with Gasteiger partial charge in [0.2, 0.25) is 0 Å². The molecule has 11 heteroatoms. The second kappa shape index (κ2) is 10.3. The highest BCUT2D eigenvalue weighted by Crippen LogP contribution is 2.34. The highest BCUT2D eigenvalue weighted by atomic mass is 32.2. The van der Waals surface area contributed by atoms with Gasteiger partial charge in [0.1, 0.15) is 0 Å². The molecule has 4 N–H and O–H groups in total. The molecule has 4 saturated heterocycles. The summed E-state index contributed by atoms with van der Waals surface area (Å²) in [7, 11) is 0. The summed E-state index contributed by atoms with van der Waals surface area (Å²) < 4.78 is 4.94. The molecule has 4 rings (SSSR count). The van der Waals surface area contributed by atoms with Crippen LogP contribution in [0.1, 0.15) is 51.4 Å². The van der Waals surface area contributed by atoms with Gasteiger partial charge in [-0.05, 0) is 25.7 Å². The number of carbonyl (C=O) groups is 4. The molecule has 0 spiro atoms. The number of nitrogens with one attached hydrogen (secondary N) is 4. The van der Waals surface area contributed by atoms with E-state index < -0.39 is 11.9 Å². The molecule has 0 radical (unpaired) electrons. The maximum atomic E-state index is 11.9. The molecule has 4 heterocycles. The molecule has 172 valence electrons. The molecule has 0 aromatic rings. The van der Waals surface area contributed by atoms with Crippen LogP contribution in [-0.4, -0.2) is 70.2 Å². The Morgan fingerprint density at radius 2 is 1.19 bits per heavy atom. The molecule has 6 atom stereocenters. The first-order chi connectivity index (χ1) is 15.0. The SMILES string of the molecule is O=C1NC2CSC(CCCCC(=O)OC(=O)CCCC[C@@H]3SC[C@@H]4NC(=O)N[C@@H]43)C2N1. The normalized spacial score (nSPS) is 33.2. The molecule has 0 aliphatic carbocycles. The van der Waals surface area contributed by atoms with Crippen LogP contribution in [0.25, 0.3) is 0 Å². The van der Waals surface area contributed by atoms with Crippen LogP contribution >= 0.6 is 23.5 Å². The lowest BCUT2D eigenvalue weighted by Gasteiger charge is -2.16. The van der Waals surface area contributed by atoms with Crippen LogP contribution in [0.2, 0.25) is 0 Å². The van der Waals surface area contributed by atoms with E-state index in [9.17, 15) is 19.2 Å². The van der Waals surface area contributed by atoms with Crippen molar-refractivity contribution in [1.82, 2.24) is 21.3 Å². The number of ether oxygens (including phenoxy) is 1. The van der Waals surface area contributed by atoms with Crippen molar-refractivity contribution < 1.29 is 23.9 Å². The Hall–Kier alpha value is -1.62. The third-order valence-electron chi connectivity index (χ3n) is 6.34. The van der Waals surface area contributed by atoms with Crippen LogP contribution in [0.4, 0.5) is 9.59 Å². The summed E-state index contributed by atoms with van der Waals surface area (Å²) in [5.41, 5.74) is 0. The van der Waals surface area contributed by atoms with Crippen molar-refractivity contribution in [1.29, 1.82) is 0 Å². The summed E-state index contributed by atoms with van der Waals surface area (Å²) in [6.45, 7) is 0. The highest BCUT2D eigenvalue weighted by Gasteiger charge is 2.43. The Morgan fingerprint density at radius 3 is 1.65 bits per heavy atom. The van der Waals surface area contributed by atoms with E-state index in [4.69, 9.17) is 4.74 Å². The van der Waals surface area contributed by atoms with Gasteiger partial charge >= 0.3 is 24.0 Å². The van der Waals surface area contributed by atoms with Crippen LogP contribution in [0.15, 0.2) is 0 Å². The largest absolute Gasteiger partial charge is 0.393 e. The fraction of sp³-hybridized carbons (Fsp3) is 0.800. The lowest BCUT2D eigenvalue weighted by Crippen LogP contribution is -2.36. The quantitative estimate of drug-likeness (QED) is 0.165. The lowest BCUT2D eigenvalue weighted by molar-refractivity contribution is -0.159. The van der Waals surface area contributed by atoms with Gasteiger partial charge in [0.25, 0.3) is 0 Å². The minimum Gasteiger partial charge on any atom is -0.393 e. The molecule has 0 bridgehead atoms. The molecule has 9 nitrogen and oxygen atoms in total. The van der Waals surface area contributed by atoms with Gasteiger partial charge in [-0.1, -0.05) is 12.8 Å². The second-order valence-corrected chi connectivity index (χ2v) is 11.1. The zero-order valence-corrected chi connectivity index (χ0v) is 19.0. The summed E-state index contributed by atoms with van der Waals surface area (Å²) in [6, 6.07) is 0.619. The third kappa shape index (κ3) is 5.79. The monoisotopic (exact) mass is 470 g/mol. The third-order valence-corrected chi connectivity index (χ3v) is 9.36. The number of hydrogen-bond donors (Lipinski definition) is 4. The fourth-order valence-electron chi connectivity index (χ4n) is 4.74. The molecule has 0 saturated carbocycles. The van der Waals surface area contributed by atoms with Gasteiger partial charge in [0.05, 0.1) is 24.2 Å². The van der Waals surface area contributed by atoms with E-state index in [0.29, 0.717) is 23.3 Å². The number of unbranched alkanes of at least 4 members (excludes halogenated alkanes) is 2. The highest BCUT2D eigenvalue weighted by molar-refractivity contribution is 8.00. The van der Waals surface area contributed by atoms with Crippen molar-refractivity contribution >= 4 is 47.5 Å². The topological polar surface area (TPSA) is 126 Å². The van der Waals surface area contributed by atoms with Gasteiger partial charge in [0.15, 0.2) is 0 Å². The van der Waals surface area contributed by atoms with Crippen molar-refractivity contribution in [2.24, 2.45) is 0 Å². The van der Waals surface area contributed by atoms with Gasteiger partial charge in [-0.3, -0.25) is 9.59 Å². The number of hydrogen-bond acceptors (Lipinski definition) is 7. The van der Waals surface area contributed by atoms with Crippen LogP contribution in [0.3, 0.4) is 0 Å². The van der Waals surface area contributed by atoms with Gasteiger partial charge in [0, 0.05) is 34.8 Å². The maximum Gasteiger partial charge on any atom is 0.315 e. The molecule has 31 heavy (non-hydrogen) atoms. The van der Waals surface area contributed by atoms with E-state index >= 15 is 0 Å². The first-order valence-electron chi connectivity index (χ1n) is 11.1. The molecule has 0 aromatic carbocycles. The molecule has 4 aliphatic heterocycles. The zero-order valence-electron chi connectivity index (χ0n) is 17.4. The Labute approximate surface area is 190 Å². The summed E-state index contributed by atoms with van der Waals surface area (Å²) >= 11 is 3.72. The molecule has 0 aromatic heterocycles. The predicted octanol–water partition coefficient (Wildman–Crippen LogP) is 1.51. The van der Waals surface area contributed by atoms with Crippen LogP contribution in [-0.2, 0) is 14.3 Å². The molecular weight excluding hydrogens is 440 g/mol. The van der Waals surface area contributed by atoms with Crippen LogP contribution < -0.4 is 21.3 Å². The van der Waals surface area contributed by atoms with Crippen molar-refractivity contribution in [2.75, 3.05) is 11.5 Å². The van der Waals surface area contributed by atoms with Gasteiger partial charge in [-0.25, -0.2) is 9.59 Å². The average Bonchev–Trinajstić information content (AvgIpc) is 3.45. The van der Waals surface area contributed by atoms with E-state index in [2.05, 4.69) is 21.3 Å². The summed E-state index contributed by atoms with van der Waals surface area (Å²) in [5.74, 6) is 0.951. The Kier molecular flexibility index (Phi) is 7.52. The Morgan fingerprint density at radius 1 is 0.742 bits per heavy atom. The van der Waals surface area contributed by atoms with E-state index in [0.717, 1.165) is 37.2 Å².